The van der Waals surface area contributed by atoms with E-state index in [0.717, 1.165) is 22.2 Å². The van der Waals surface area contributed by atoms with Crippen molar-refractivity contribution in [3.8, 4) is 11.5 Å². The lowest BCUT2D eigenvalue weighted by Gasteiger charge is -2.19. The van der Waals surface area contributed by atoms with E-state index in [1.807, 2.05) is 31.2 Å². The van der Waals surface area contributed by atoms with Crippen LogP contribution in [0.3, 0.4) is 0 Å². The van der Waals surface area contributed by atoms with Crippen LogP contribution < -0.4 is 25.0 Å². The second-order valence-corrected chi connectivity index (χ2v) is 10.7. The van der Waals surface area contributed by atoms with Crippen LogP contribution >= 0.6 is 23.4 Å². The van der Waals surface area contributed by atoms with Crippen molar-refractivity contribution in [3.05, 3.63) is 118 Å². The molecule has 0 fully saturated rings. The Morgan fingerprint density at radius 2 is 1.60 bits per heavy atom. The number of halogens is 1. The van der Waals surface area contributed by atoms with Gasteiger partial charge in [-0.2, -0.15) is 0 Å². The van der Waals surface area contributed by atoms with Gasteiger partial charge in [0.1, 0.15) is 22.1 Å². The molecule has 1 aliphatic rings. The van der Waals surface area contributed by atoms with Gasteiger partial charge in [-0.1, -0.05) is 59.3 Å². The summed E-state index contributed by atoms with van der Waals surface area (Å²) in [7, 11) is 2.98. The zero-order valence-corrected chi connectivity index (χ0v) is 24.5. The number of ether oxygens (including phenoxy) is 2. The van der Waals surface area contributed by atoms with Gasteiger partial charge in [0.15, 0.2) is 0 Å². The van der Waals surface area contributed by atoms with Crippen molar-refractivity contribution in [1.82, 2.24) is 0 Å². The average Bonchev–Trinajstić information content (AvgIpc) is 3.21. The molecule has 0 aliphatic carbocycles. The number of rotatable bonds is 9. The molecule has 0 aromatic heterocycles. The SMILES string of the molecule is COc1ccc(N2C(=O)C(Nc3ccc(C)cc3)=C(Sc3cccc(NC(=O)c4ccccc4Cl)c3)C2=O)c(OC)c1. The fourth-order valence-corrected chi connectivity index (χ4v) is 5.49. The number of hydrogen-bond donors (Lipinski definition) is 2. The molecule has 2 N–H and O–H groups in total. The molecule has 0 bridgehead atoms. The average molecular weight is 600 g/mol. The smallest absolute Gasteiger partial charge is 0.283 e. The van der Waals surface area contributed by atoms with Crippen molar-refractivity contribution in [1.29, 1.82) is 0 Å². The zero-order chi connectivity index (χ0) is 29.8. The highest BCUT2D eigenvalue weighted by atomic mass is 35.5. The number of methoxy groups -OCH3 is 2. The number of anilines is 3. The summed E-state index contributed by atoms with van der Waals surface area (Å²) in [6, 6.07) is 26.1. The first-order chi connectivity index (χ1) is 20.3. The highest BCUT2D eigenvalue weighted by Crippen LogP contribution is 2.42. The normalized spacial score (nSPS) is 12.9. The summed E-state index contributed by atoms with van der Waals surface area (Å²) in [5, 5.41) is 6.33. The van der Waals surface area contributed by atoms with Gasteiger partial charge in [0.25, 0.3) is 17.7 Å². The van der Waals surface area contributed by atoms with Gasteiger partial charge in [-0.05, 0) is 61.5 Å². The number of thioether (sulfide) groups is 1. The fourth-order valence-electron chi connectivity index (χ4n) is 4.28. The molecule has 8 nitrogen and oxygen atoms in total. The second kappa shape index (κ2) is 12.4. The molecule has 4 aromatic rings. The van der Waals surface area contributed by atoms with Gasteiger partial charge in [0.05, 0.1) is 30.5 Å². The molecular formula is C32H26ClN3O5S. The molecule has 0 radical (unpaired) electrons. The van der Waals surface area contributed by atoms with E-state index < -0.39 is 11.8 Å². The van der Waals surface area contributed by atoms with E-state index in [2.05, 4.69) is 10.6 Å². The zero-order valence-electron chi connectivity index (χ0n) is 22.9. The predicted molar refractivity (Wildman–Crippen MR) is 166 cm³/mol. The van der Waals surface area contributed by atoms with Crippen LogP contribution in [0.5, 0.6) is 11.5 Å². The Kier molecular flexibility index (Phi) is 8.51. The minimum atomic E-state index is -0.533. The highest BCUT2D eigenvalue weighted by Gasteiger charge is 2.41. The molecule has 10 heteroatoms. The standard InChI is InChI=1S/C32H26ClN3O5S/c1-19-11-13-20(14-12-19)34-28-29(32(39)36(31(28)38)26-16-15-22(40-2)18-27(26)41-3)42-23-8-6-7-21(17-23)35-30(37)24-9-4-5-10-25(24)33/h4-18,34H,1-3H3,(H,35,37). The third kappa shape index (κ3) is 5.97. The largest absolute Gasteiger partial charge is 0.497 e. The molecule has 4 aromatic carbocycles. The number of hydrogen-bond acceptors (Lipinski definition) is 7. The number of carbonyl (C=O) groups excluding carboxylic acids is 3. The Bertz CT molecular complexity index is 1720. The van der Waals surface area contributed by atoms with E-state index in [1.165, 1.54) is 14.2 Å². The summed E-state index contributed by atoms with van der Waals surface area (Å²) in [6.07, 6.45) is 0. The predicted octanol–water partition coefficient (Wildman–Crippen LogP) is 6.91. The van der Waals surface area contributed by atoms with E-state index in [-0.39, 0.29) is 22.2 Å². The Labute approximate surface area is 252 Å². The maximum absolute atomic E-state index is 13.9. The molecule has 1 heterocycles. The Morgan fingerprint density at radius 1 is 0.833 bits per heavy atom. The summed E-state index contributed by atoms with van der Waals surface area (Å²) in [5.74, 6) is -0.593. The first-order valence-corrected chi connectivity index (χ1v) is 14.0. The molecule has 0 atom stereocenters. The molecule has 0 spiro atoms. The number of nitrogens with zero attached hydrogens (tertiary/aromatic N) is 1. The Hall–Kier alpha value is -4.73. The molecule has 5 rings (SSSR count). The molecular weight excluding hydrogens is 574 g/mol. The number of amides is 3. The number of imide groups is 1. The van der Waals surface area contributed by atoms with E-state index in [9.17, 15) is 14.4 Å². The molecule has 42 heavy (non-hydrogen) atoms. The van der Waals surface area contributed by atoms with Gasteiger partial charge >= 0.3 is 0 Å². The van der Waals surface area contributed by atoms with Gasteiger partial charge in [-0.3, -0.25) is 14.4 Å². The van der Waals surface area contributed by atoms with Crippen molar-refractivity contribution in [2.45, 2.75) is 11.8 Å². The number of aryl methyl sites for hydroxylation is 1. The van der Waals surface area contributed by atoms with Gasteiger partial charge in [0.2, 0.25) is 0 Å². The summed E-state index contributed by atoms with van der Waals surface area (Å²) < 4.78 is 10.8. The third-order valence-electron chi connectivity index (χ3n) is 6.42. The van der Waals surface area contributed by atoms with E-state index >= 15 is 0 Å². The molecule has 3 amide bonds. The quantitative estimate of drug-likeness (QED) is 0.202. The lowest BCUT2D eigenvalue weighted by molar-refractivity contribution is -0.120. The first-order valence-electron chi connectivity index (χ1n) is 12.8. The maximum Gasteiger partial charge on any atom is 0.283 e. The number of benzene rings is 4. The molecule has 0 saturated carbocycles. The van der Waals surface area contributed by atoms with Gasteiger partial charge in [0, 0.05) is 22.3 Å². The highest BCUT2D eigenvalue weighted by molar-refractivity contribution is 8.04. The van der Waals surface area contributed by atoms with Crippen LogP contribution in [0.2, 0.25) is 5.02 Å². The fraction of sp³-hybridized carbons (Fsp3) is 0.0938. The van der Waals surface area contributed by atoms with E-state index in [0.29, 0.717) is 38.4 Å². The summed E-state index contributed by atoms with van der Waals surface area (Å²) in [5.41, 5.74) is 2.96. The molecule has 0 unspecified atom stereocenters. The van der Waals surface area contributed by atoms with Crippen LogP contribution in [0.1, 0.15) is 15.9 Å². The van der Waals surface area contributed by atoms with Crippen molar-refractivity contribution in [3.63, 3.8) is 0 Å². The summed E-state index contributed by atoms with van der Waals surface area (Å²) in [6.45, 7) is 1.96. The minimum Gasteiger partial charge on any atom is -0.497 e. The topological polar surface area (TPSA) is 97.0 Å². The van der Waals surface area contributed by atoms with E-state index in [1.54, 1.807) is 66.7 Å². The Morgan fingerprint density at radius 3 is 2.31 bits per heavy atom. The molecule has 212 valence electrons. The molecule has 1 aliphatic heterocycles. The Balaban J connectivity index is 1.49. The van der Waals surface area contributed by atoms with Crippen molar-refractivity contribution < 1.29 is 23.9 Å². The van der Waals surface area contributed by atoms with Crippen molar-refractivity contribution in [2.75, 3.05) is 29.8 Å². The van der Waals surface area contributed by atoms with Crippen LogP contribution in [-0.4, -0.2) is 31.9 Å². The first kappa shape index (κ1) is 28.8. The minimum absolute atomic E-state index is 0.122. The van der Waals surface area contributed by atoms with Crippen LogP contribution in [0.4, 0.5) is 17.1 Å². The van der Waals surface area contributed by atoms with Crippen LogP contribution in [-0.2, 0) is 9.59 Å². The molecule has 0 saturated heterocycles. The van der Waals surface area contributed by atoms with Crippen molar-refractivity contribution in [2.24, 2.45) is 0 Å². The number of nitrogens with one attached hydrogen (secondary N) is 2. The van der Waals surface area contributed by atoms with Gasteiger partial charge in [-0.25, -0.2) is 4.90 Å². The van der Waals surface area contributed by atoms with Crippen LogP contribution in [0.15, 0.2) is 106 Å². The third-order valence-corrected chi connectivity index (χ3v) is 7.82. The van der Waals surface area contributed by atoms with Gasteiger partial charge in [-0.15, -0.1) is 0 Å². The van der Waals surface area contributed by atoms with Crippen molar-refractivity contribution >= 4 is 58.1 Å². The summed E-state index contributed by atoms with van der Waals surface area (Å²) >= 11 is 7.30. The van der Waals surface area contributed by atoms with E-state index in [4.69, 9.17) is 21.1 Å². The lowest BCUT2D eigenvalue weighted by Crippen LogP contribution is -2.32. The van der Waals surface area contributed by atoms with Crippen LogP contribution in [0.25, 0.3) is 0 Å². The van der Waals surface area contributed by atoms with Crippen LogP contribution in [0, 0.1) is 6.92 Å². The monoisotopic (exact) mass is 599 g/mol. The lowest BCUT2D eigenvalue weighted by atomic mass is 10.2. The number of carbonyl (C=O) groups is 3. The maximum atomic E-state index is 13.9. The second-order valence-electron chi connectivity index (χ2n) is 9.24. The summed E-state index contributed by atoms with van der Waals surface area (Å²) in [4.78, 5) is 42.5. The van der Waals surface area contributed by atoms with Gasteiger partial charge < -0.3 is 20.1 Å².